The Morgan fingerprint density at radius 3 is 2.88 bits per heavy atom. The van der Waals surface area contributed by atoms with Gasteiger partial charge in [-0.15, -0.1) is 0 Å². The Morgan fingerprint density at radius 2 is 2.15 bits per heavy atom. The number of guanidine groups is 1. The Hall–Kier alpha value is -1.64. The van der Waals surface area contributed by atoms with E-state index in [-0.39, 0.29) is 6.10 Å². The van der Waals surface area contributed by atoms with Gasteiger partial charge in [0.1, 0.15) is 6.10 Å². The van der Waals surface area contributed by atoms with E-state index in [4.69, 9.17) is 14.5 Å². The first-order valence-corrected chi connectivity index (χ1v) is 9.69. The summed E-state index contributed by atoms with van der Waals surface area (Å²) in [5.41, 5.74) is 1.13. The van der Waals surface area contributed by atoms with Gasteiger partial charge in [0.15, 0.2) is 5.96 Å². The molecule has 1 aromatic heterocycles. The van der Waals surface area contributed by atoms with Crippen molar-refractivity contribution in [2.45, 2.75) is 19.4 Å². The monoisotopic (exact) mass is 364 g/mol. The van der Waals surface area contributed by atoms with Gasteiger partial charge in [-0.25, -0.2) is 0 Å². The summed E-state index contributed by atoms with van der Waals surface area (Å²) in [4.78, 5) is 9.61. The van der Waals surface area contributed by atoms with Gasteiger partial charge in [-0.2, -0.15) is 5.10 Å². The minimum absolute atomic E-state index is 0.0506. The van der Waals surface area contributed by atoms with Crippen molar-refractivity contribution in [1.29, 1.82) is 0 Å². The molecule has 0 aliphatic carbocycles. The molecular formula is C18H32N6O2. The zero-order valence-corrected chi connectivity index (χ0v) is 16.1. The van der Waals surface area contributed by atoms with Gasteiger partial charge in [0.05, 0.1) is 32.6 Å². The Kier molecular flexibility index (Phi) is 7.28. The molecular weight excluding hydrogens is 332 g/mol. The predicted octanol–water partition coefficient (Wildman–Crippen LogP) is 0.481. The summed E-state index contributed by atoms with van der Waals surface area (Å²) in [6.45, 7) is 11.1. The van der Waals surface area contributed by atoms with Gasteiger partial charge >= 0.3 is 0 Å². The standard InChI is InChI=1S/C18H32N6O2/c1-3-19-18(20-5-4-6-23-7-10-25-11-8-23)24-9-12-26-17(15-24)16-13-21-22(2)14-16/h13-14,17H,3-12,15H2,1-2H3,(H,19,20). The number of hydrogen-bond acceptors (Lipinski definition) is 5. The third-order valence-corrected chi connectivity index (χ3v) is 4.80. The summed E-state index contributed by atoms with van der Waals surface area (Å²) >= 11 is 0. The summed E-state index contributed by atoms with van der Waals surface area (Å²) in [5.74, 6) is 0.992. The molecule has 146 valence electrons. The van der Waals surface area contributed by atoms with E-state index in [0.29, 0.717) is 6.61 Å². The number of rotatable bonds is 6. The van der Waals surface area contributed by atoms with Crippen molar-refractivity contribution in [1.82, 2.24) is 24.9 Å². The Morgan fingerprint density at radius 1 is 1.31 bits per heavy atom. The zero-order chi connectivity index (χ0) is 18.2. The number of hydrogen-bond donors (Lipinski definition) is 1. The van der Waals surface area contributed by atoms with Crippen molar-refractivity contribution < 1.29 is 9.47 Å². The van der Waals surface area contributed by atoms with Gasteiger partial charge in [-0.05, 0) is 13.3 Å². The van der Waals surface area contributed by atoms with Gasteiger partial charge in [0.25, 0.3) is 0 Å². The molecule has 26 heavy (non-hydrogen) atoms. The molecule has 2 aliphatic heterocycles. The number of aliphatic imine (C=N–C) groups is 1. The van der Waals surface area contributed by atoms with Crippen molar-refractivity contribution in [3.8, 4) is 0 Å². The normalized spacial score (nSPS) is 22.6. The summed E-state index contributed by atoms with van der Waals surface area (Å²) in [6.07, 6.45) is 5.04. The lowest BCUT2D eigenvalue weighted by Crippen LogP contribution is -2.48. The van der Waals surface area contributed by atoms with Gasteiger partial charge < -0.3 is 19.7 Å². The van der Waals surface area contributed by atoms with Crippen LogP contribution >= 0.6 is 0 Å². The number of aryl methyl sites for hydroxylation is 1. The summed E-state index contributed by atoms with van der Waals surface area (Å²) < 4.78 is 13.2. The quantitative estimate of drug-likeness (QED) is 0.450. The highest BCUT2D eigenvalue weighted by Gasteiger charge is 2.25. The Bertz CT molecular complexity index is 570. The highest BCUT2D eigenvalue weighted by Crippen LogP contribution is 2.21. The second-order valence-corrected chi connectivity index (χ2v) is 6.80. The molecule has 0 radical (unpaired) electrons. The van der Waals surface area contributed by atoms with Gasteiger partial charge in [-0.3, -0.25) is 14.6 Å². The molecule has 2 fully saturated rings. The number of nitrogens with zero attached hydrogens (tertiary/aromatic N) is 5. The van der Waals surface area contributed by atoms with Crippen LogP contribution in [0.4, 0.5) is 0 Å². The number of aromatic nitrogens is 2. The SMILES string of the molecule is CCNC(=NCCCN1CCOCC1)N1CCOC(c2cnn(C)c2)C1. The second-order valence-electron chi connectivity index (χ2n) is 6.80. The molecule has 1 unspecified atom stereocenters. The van der Waals surface area contributed by atoms with E-state index in [1.807, 2.05) is 24.1 Å². The smallest absolute Gasteiger partial charge is 0.194 e. The van der Waals surface area contributed by atoms with Crippen molar-refractivity contribution >= 4 is 5.96 Å². The largest absolute Gasteiger partial charge is 0.379 e. The van der Waals surface area contributed by atoms with E-state index in [2.05, 4.69) is 27.1 Å². The average Bonchev–Trinajstić information content (AvgIpc) is 3.12. The summed E-state index contributed by atoms with van der Waals surface area (Å²) in [6, 6.07) is 0. The van der Waals surface area contributed by atoms with E-state index >= 15 is 0 Å². The van der Waals surface area contributed by atoms with E-state index in [1.54, 1.807) is 0 Å². The van der Waals surface area contributed by atoms with E-state index < -0.39 is 0 Å². The molecule has 8 nitrogen and oxygen atoms in total. The van der Waals surface area contributed by atoms with Crippen molar-refractivity contribution in [3.05, 3.63) is 18.0 Å². The van der Waals surface area contributed by atoms with Crippen LogP contribution in [-0.4, -0.2) is 91.2 Å². The maximum absolute atomic E-state index is 5.94. The fourth-order valence-corrected chi connectivity index (χ4v) is 3.38. The summed E-state index contributed by atoms with van der Waals surface area (Å²) in [7, 11) is 1.93. The van der Waals surface area contributed by atoms with E-state index in [1.165, 1.54) is 0 Å². The number of morpholine rings is 2. The first-order valence-electron chi connectivity index (χ1n) is 9.69. The van der Waals surface area contributed by atoms with Crippen LogP contribution in [0.3, 0.4) is 0 Å². The number of ether oxygens (including phenoxy) is 2. The Balaban J connectivity index is 1.52. The molecule has 1 aromatic rings. The van der Waals surface area contributed by atoms with Gasteiger partial charge in [0, 0.05) is 58.1 Å². The molecule has 1 atom stereocenters. The topological polar surface area (TPSA) is 67.2 Å². The average molecular weight is 364 g/mol. The van der Waals surface area contributed by atoms with Crippen molar-refractivity contribution in [2.24, 2.45) is 12.0 Å². The van der Waals surface area contributed by atoms with Crippen molar-refractivity contribution in [3.63, 3.8) is 0 Å². The molecule has 0 bridgehead atoms. The molecule has 3 heterocycles. The van der Waals surface area contributed by atoms with Crippen LogP contribution in [0.5, 0.6) is 0 Å². The predicted molar refractivity (Wildman–Crippen MR) is 101 cm³/mol. The fourth-order valence-electron chi connectivity index (χ4n) is 3.38. The van der Waals surface area contributed by atoms with Gasteiger partial charge in [-0.1, -0.05) is 0 Å². The van der Waals surface area contributed by atoms with Gasteiger partial charge in [0.2, 0.25) is 0 Å². The minimum Gasteiger partial charge on any atom is -0.379 e. The first-order chi connectivity index (χ1) is 12.8. The number of nitrogens with one attached hydrogen (secondary N) is 1. The maximum atomic E-state index is 5.94. The molecule has 0 spiro atoms. The lowest BCUT2D eigenvalue weighted by Gasteiger charge is -2.34. The van der Waals surface area contributed by atoms with E-state index in [0.717, 1.165) is 77.0 Å². The summed E-state index contributed by atoms with van der Waals surface area (Å²) in [5, 5.41) is 7.70. The molecule has 2 aliphatic rings. The molecule has 0 aromatic carbocycles. The third kappa shape index (κ3) is 5.43. The Labute approximate surface area is 156 Å². The van der Waals surface area contributed by atoms with Crippen LogP contribution in [0.15, 0.2) is 17.4 Å². The highest BCUT2D eigenvalue weighted by molar-refractivity contribution is 5.80. The van der Waals surface area contributed by atoms with E-state index in [9.17, 15) is 0 Å². The van der Waals surface area contributed by atoms with Crippen LogP contribution in [0.2, 0.25) is 0 Å². The molecule has 2 saturated heterocycles. The lowest BCUT2D eigenvalue weighted by atomic mass is 10.1. The van der Waals surface area contributed by atoms with Crippen LogP contribution in [-0.2, 0) is 16.5 Å². The van der Waals surface area contributed by atoms with Crippen LogP contribution in [0.1, 0.15) is 25.0 Å². The molecule has 1 N–H and O–H groups in total. The molecule has 3 rings (SSSR count). The molecule has 8 heteroatoms. The lowest BCUT2D eigenvalue weighted by molar-refractivity contribution is -0.00805. The zero-order valence-electron chi connectivity index (χ0n) is 16.1. The van der Waals surface area contributed by atoms with Crippen LogP contribution in [0, 0.1) is 0 Å². The second kappa shape index (κ2) is 9.89. The fraction of sp³-hybridized carbons (Fsp3) is 0.778. The minimum atomic E-state index is 0.0506. The van der Waals surface area contributed by atoms with Crippen LogP contribution in [0.25, 0.3) is 0 Å². The maximum Gasteiger partial charge on any atom is 0.194 e. The van der Waals surface area contributed by atoms with Crippen LogP contribution < -0.4 is 5.32 Å². The third-order valence-electron chi connectivity index (χ3n) is 4.80. The molecule has 0 saturated carbocycles. The van der Waals surface area contributed by atoms with Crippen molar-refractivity contribution in [2.75, 3.05) is 65.6 Å². The first kappa shape index (κ1) is 19.1. The molecule has 0 amide bonds. The highest BCUT2D eigenvalue weighted by atomic mass is 16.5.